The number of nitrogens with zero attached hydrogens (tertiary/aromatic N) is 6. The van der Waals surface area contributed by atoms with Gasteiger partial charge in [0.25, 0.3) is 0 Å². The zero-order valence-electron chi connectivity index (χ0n) is 13.2. The number of nitriles is 2. The fourth-order valence-electron chi connectivity index (χ4n) is 2.03. The van der Waals surface area contributed by atoms with E-state index in [1.807, 2.05) is 12.1 Å². The molecule has 0 spiro atoms. The summed E-state index contributed by atoms with van der Waals surface area (Å²) in [4.78, 5) is 0. The molecule has 0 saturated carbocycles. The molecule has 1 aromatic heterocycles. The Balaban J connectivity index is 2.07. The molecule has 0 N–H and O–H groups in total. The summed E-state index contributed by atoms with van der Waals surface area (Å²) in [6.45, 7) is 4.30. The molecule has 2 rings (SSSR count). The highest BCUT2D eigenvalue weighted by atomic mass is 32.2. The third-order valence-corrected chi connectivity index (χ3v) is 4.53. The van der Waals surface area contributed by atoms with Crippen molar-refractivity contribution in [3.8, 4) is 17.8 Å². The van der Waals surface area contributed by atoms with Crippen molar-refractivity contribution in [2.24, 2.45) is 5.92 Å². The molecule has 0 aliphatic heterocycles. The first kappa shape index (κ1) is 17.0. The molecule has 0 bridgehead atoms. The van der Waals surface area contributed by atoms with Crippen molar-refractivity contribution in [1.82, 2.24) is 20.2 Å². The zero-order chi connectivity index (χ0) is 16.7. The Kier molecular flexibility index (Phi) is 6.13. The fourth-order valence-corrected chi connectivity index (χ4v) is 2.98. The third-order valence-electron chi connectivity index (χ3n) is 3.45. The predicted molar refractivity (Wildman–Crippen MR) is 87.9 cm³/mol. The Labute approximate surface area is 140 Å². The molecule has 1 atom stereocenters. The van der Waals surface area contributed by atoms with Gasteiger partial charge in [0.2, 0.25) is 5.16 Å². The minimum Gasteiger partial charge on any atom is -0.198 e. The minimum atomic E-state index is -0.173. The van der Waals surface area contributed by atoms with Gasteiger partial charge in [-0.1, -0.05) is 37.7 Å². The number of benzene rings is 1. The van der Waals surface area contributed by atoms with Crippen LogP contribution in [0.1, 0.15) is 38.2 Å². The van der Waals surface area contributed by atoms with Crippen molar-refractivity contribution in [3.63, 3.8) is 0 Å². The average Bonchev–Trinajstić information content (AvgIpc) is 3.03. The van der Waals surface area contributed by atoms with Crippen LogP contribution >= 0.6 is 11.8 Å². The van der Waals surface area contributed by atoms with E-state index in [9.17, 15) is 0 Å². The van der Waals surface area contributed by atoms with Crippen LogP contribution in [0.4, 0.5) is 0 Å². The van der Waals surface area contributed by atoms with Crippen LogP contribution in [0.2, 0.25) is 0 Å². The summed E-state index contributed by atoms with van der Waals surface area (Å²) in [5.74, 6) is 0.874. The van der Waals surface area contributed by atoms with Gasteiger partial charge in [0.15, 0.2) is 0 Å². The molecule has 6 nitrogen and oxygen atoms in total. The smallest absolute Gasteiger partial charge is 0.198 e. The van der Waals surface area contributed by atoms with Gasteiger partial charge in [0, 0.05) is 12.2 Å². The highest BCUT2D eigenvalue weighted by molar-refractivity contribution is 7.99. The number of tetrazole rings is 1. The predicted octanol–water partition coefficient (Wildman–Crippen LogP) is 3.32. The molecular weight excluding hydrogens is 308 g/mol. The normalized spacial score (nSPS) is 11.9. The van der Waals surface area contributed by atoms with Crippen molar-refractivity contribution >= 4 is 11.8 Å². The maximum atomic E-state index is 9.12. The quantitative estimate of drug-likeness (QED) is 0.725. The van der Waals surface area contributed by atoms with Gasteiger partial charge in [-0.2, -0.15) is 15.2 Å². The molecule has 1 heterocycles. The fraction of sp³-hybridized carbons (Fsp3) is 0.438. The van der Waals surface area contributed by atoms with Crippen molar-refractivity contribution in [3.05, 3.63) is 29.8 Å². The van der Waals surface area contributed by atoms with Gasteiger partial charge in [-0.05, 0) is 40.5 Å². The molecule has 2 aromatic rings. The van der Waals surface area contributed by atoms with Crippen LogP contribution in [0.5, 0.6) is 0 Å². The largest absolute Gasteiger partial charge is 0.214 e. The van der Waals surface area contributed by atoms with Crippen molar-refractivity contribution in [1.29, 1.82) is 10.5 Å². The summed E-state index contributed by atoms with van der Waals surface area (Å²) in [5, 5.41) is 30.2. The van der Waals surface area contributed by atoms with Gasteiger partial charge in [-0.15, -0.1) is 5.10 Å². The molecule has 23 heavy (non-hydrogen) atoms. The van der Waals surface area contributed by atoms with Crippen LogP contribution in [-0.4, -0.2) is 26.0 Å². The van der Waals surface area contributed by atoms with Crippen LogP contribution < -0.4 is 0 Å². The Morgan fingerprint density at radius 1 is 1.22 bits per heavy atom. The van der Waals surface area contributed by atoms with Crippen molar-refractivity contribution < 1.29 is 0 Å². The van der Waals surface area contributed by atoms with E-state index in [0.717, 1.165) is 5.69 Å². The van der Waals surface area contributed by atoms with Crippen LogP contribution in [-0.2, 0) is 0 Å². The molecule has 0 fully saturated rings. The standard InChI is InChI=1S/C16H18N6S/c1-12(2)14-5-7-15(8-6-14)22-16(19-20-21-22)23-11-13(10-18)4-3-9-17/h5-8,12-13H,3-4,11H2,1-2H3/t13-/m1/s1. The molecule has 0 saturated heterocycles. The van der Waals surface area contributed by atoms with Crippen LogP contribution in [0, 0.1) is 28.6 Å². The number of aromatic nitrogens is 4. The van der Waals surface area contributed by atoms with E-state index in [2.05, 4.69) is 53.6 Å². The Morgan fingerprint density at radius 3 is 2.57 bits per heavy atom. The molecule has 118 valence electrons. The van der Waals surface area contributed by atoms with E-state index < -0.39 is 0 Å². The minimum absolute atomic E-state index is 0.173. The second kappa shape index (κ2) is 8.30. The molecule has 0 radical (unpaired) electrons. The summed E-state index contributed by atoms with van der Waals surface area (Å²) in [5.41, 5.74) is 2.16. The summed E-state index contributed by atoms with van der Waals surface area (Å²) in [7, 11) is 0. The van der Waals surface area contributed by atoms with Gasteiger partial charge in [-0.3, -0.25) is 0 Å². The monoisotopic (exact) mass is 326 g/mol. The van der Waals surface area contributed by atoms with E-state index in [-0.39, 0.29) is 5.92 Å². The van der Waals surface area contributed by atoms with Gasteiger partial charge in [0.05, 0.1) is 23.7 Å². The van der Waals surface area contributed by atoms with E-state index in [1.165, 1.54) is 17.3 Å². The first-order valence-corrected chi connectivity index (χ1v) is 8.42. The second-order valence-corrected chi connectivity index (χ2v) is 6.44. The van der Waals surface area contributed by atoms with Gasteiger partial charge in [0.1, 0.15) is 0 Å². The second-order valence-electron chi connectivity index (χ2n) is 5.45. The number of rotatable bonds is 7. The van der Waals surface area contributed by atoms with Gasteiger partial charge < -0.3 is 0 Å². The van der Waals surface area contributed by atoms with Crippen LogP contribution in [0.3, 0.4) is 0 Å². The Hall–Kier alpha value is -2.38. The van der Waals surface area contributed by atoms with Gasteiger partial charge in [-0.25, -0.2) is 0 Å². The van der Waals surface area contributed by atoms with E-state index in [4.69, 9.17) is 10.5 Å². The maximum absolute atomic E-state index is 9.12. The summed E-state index contributed by atoms with van der Waals surface area (Å²) in [6.07, 6.45) is 0.963. The topological polar surface area (TPSA) is 91.2 Å². The summed E-state index contributed by atoms with van der Waals surface area (Å²) in [6, 6.07) is 12.4. The lowest BCUT2D eigenvalue weighted by Crippen LogP contribution is -2.04. The lowest BCUT2D eigenvalue weighted by Gasteiger charge is -2.09. The molecule has 7 heteroatoms. The van der Waals surface area contributed by atoms with Crippen LogP contribution in [0.25, 0.3) is 5.69 Å². The molecule has 0 aliphatic carbocycles. The SMILES string of the molecule is CC(C)c1ccc(-n2nnnc2SC[C@@H](C#N)CCC#N)cc1. The first-order valence-electron chi connectivity index (χ1n) is 7.43. The van der Waals surface area contributed by atoms with E-state index in [0.29, 0.717) is 29.7 Å². The third kappa shape index (κ3) is 4.54. The van der Waals surface area contributed by atoms with Crippen molar-refractivity contribution in [2.45, 2.75) is 37.8 Å². The lowest BCUT2D eigenvalue weighted by atomic mass is 10.0. The molecule has 1 aromatic carbocycles. The van der Waals surface area contributed by atoms with E-state index in [1.54, 1.807) is 4.68 Å². The van der Waals surface area contributed by atoms with E-state index >= 15 is 0 Å². The summed E-state index contributed by atoms with van der Waals surface area (Å²) < 4.78 is 1.67. The molecular formula is C16H18N6S. The maximum Gasteiger partial charge on any atom is 0.214 e. The lowest BCUT2D eigenvalue weighted by molar-refractivity contribution is 0.682. The molecule has 0 aliphatic rings. The highest BCUT2D eigenvalue weighted by Crippen LogP contribution is 2.23. The number of hydrogen-bond acceptors (Lipinski definition) is 6. The number of thioether (sulfide) groups is 1. The summed E-state index contributed by atoms with van der Waals surface area (Å²) >= 11 is 1.44. The highest BCUT2D eigenvalue weighted by Gasteiger charge is 2.13. The van der Waals surface area contributed by atoms with Crippen molar-refractivity contribution in [2.75, 3.05) is 5.75 Å². The Bertz CT molecular complexity index is 707. The molecule has 0 amide bonds. The van der Waals surface area contributed by atoms with Crippen LogP contribution in [0.15, 0.2) is 29.4 Å². The average molecular weight is 326 g/mol. The number of hydrogen-bond donors (Lipinski definition) is 0. The zero-order valence-corrected chi connectivity index (χ0v) is 14.0. The van der Waals surface area contributed by atoms with Gasteiger partial charge >= 0.3 is 0 Å². The molecule has 0 unspecified atom stereocenters. The Morgan fingerprint density at radius 2 is 1.96 bits per heavy atom. The first-order chi connectivity index (χ1) is 11.2.